The number of hydroxylamine groups is 1. The summed E-state index contributed by atoms with van der Waals surface area (Å²) in [6.07, 6.45) is 9.20. The molecule has 1 amide bonds. The van der Waals surface area contributed by atoms with E-state index >= 15 is 0 Å². The number of rotatable bonds is 11. The molecule has 1 aliphatic rings. The van der Waals surface area contributed by atoms with Gasteiger partial charge in [-0.2, -0.15) is 0 Å². The summed E-state index contributed by atoms with van der Waals surface area (Å²) < 4.78 is 11.7. The van der Waals surface area contributed by atoms with Crippen molar-refractivity contribution in [2.45, 2.75) is 38.5 Å². The Kier molecular flexibility index (Phi) is 8.87. The molecule has 1 atom stereocenters. The number of carbonyl (C=O) groups excluding carboxylic acids is 1. The van der Waals surface area contributed by atoms with Gasteiger partial charge < -0.3 is 14.5 Å². The van der Waals surface area contributed by atoms with Crippen LogP contribution in [0.2, 0.25) is 0 Å². The topological polar surface area (TPSA) is 86.8 Å². The molecule has 2 aromatic carbocycles. The fraction of sp³-hybridized carbons (Fsp3) is 0.370. The van der Waals surface area contributed by atoms with Crippen molar-refractivity contribution >= 4 is 22.9 Å². The Bertz CT molecular complexity index is 1070. The maximum Gasteiger partial charge on any atom is 0.267 e. The van der Waals surface area contributed by atoms with Crippen LogP contribution in [0.25, 0.3) is 17.0 Å². The number of para-hydroxylation sites is 1. The summed E-state index contributed by atoms with van der Waals surface area (Å²) in [5, 5.41) is 9.89. The molecule has 1 saturated heterocycles. The maximum absolute atomic E-state index is 11.2. The Morgan fingerprint density at radius 2 is 2.03 bits per heavy atom. The Labute approximate surface area is 200 Å². The lowest BCUT2D eigenvalue weighted by Gasteiger charge is -2.26. The van der Waals surface area contributed by atoms with Crippen molar-refractivity contribution in [3.63, 3.8) is 0 Å². The Morgan fingerprint density at radius 3 is 2.82 bits per heavy atom. The van der Waals surface area contributed by atoms with Gasteiger partial charge in [0, 0.05) is 49.4 Å². The summed E-state index contributed by atoms with van der Waals surface area (Å²) >= 11 is 0. The molecule has 7 nitrogen and oxygen atoms in total. The predicted octanol–water partition coefficient (Wildman–Crippen LogP) is 4.27. The standard InChI is InChI=1S/C27H33N3O4/c31-26(29-32)13-12-21-8-10-22(11-9-21)20-30(16-18-34-27-7-3-4-17-33-27)15-14-23-19-28-25-6-2-1-5-24(23)25/h1-2,5-6,8-13,19,27-28,32H,3-4,7,14-18,20H2,(H,29,31). The minimum absolute atomic E-state index is 0.0774. The van der Waals surface area contributed by atoms with Crippen molar-refractivity contribution in [2.75, 3.05) is 26.3 Å². The number of hydrogen-bond donors (Lipinski definition) is 3. The van der Waals surface area contributed by atoms with Crippen LogP contribution >= 0.6 is 0 Å². The van der Waals surface area contributed by atoms with E-state index < -0.39 is 5.91 Å². The number of hydrogen-bond acceptors (Lipinski definition) is 5. The summed E-state index contributed by atoms with van der Waals surface area (Å²) in [7, 11) is 0. The van der Waals surface area contributed by atoms with Crippen LogP contribution in [0.3, 0.4) is 0 Å². The Balaban J connectivity index is 1.37. The third-order valence-electron chi connectivity index (χ3n) is 6.14. The number of benzene rings is 2. The first-order valence-corrected chi connectivity index (χ1v) is 11.9. The highest BCUT2D eigenvalue weighted by Gasteiger charge is 2.15. The van der Waals surface area contributed by atoms with Crippen LogP contribution in [-0.4, -0.2) is 53.6 Å². The van der Waals surface area contributed by atoms with Crippen molar-refractivity contribution in [2.24, 2.45) is 0 Å². The first-order chi connectivity index (χ1) is 16.7. The number of carbonyl (C=O) groups is 1. The van der Waals surface area contributed by atoms with Crippen molar-refractivity contribution in [3.05, 3.63) is 77.5 Å². The molecule has 2 heterocycles. The lowest BCUT2D eigenvalue weighted by Crippen LogP contribution is -2.32. The van der Waals surface area contributed by atoms with Gasteiger partial charge in [-0.1, -0.05) is 42.5 Å². The van der Waals surface area contributed by atoms with Gasteiger partial charge in [0.15, 0.2) is 6.29 Å². The lowest BCUT2D eigenvalue weighted by molar-refractivity contribution is -0.164. The van der Waals surface area contributed by atoms with Gasteiger partial charge in [0.25, 0.3) is 5.91 Å². The maximum atomic E-state index is 11.2. The van der Waals surface area contributed by atoms with Gasteiger partial charge in [-0.15, -0.1) is 0 Å². The number of H-pyrrole nitrogens is 1. The van der Waals surface area contributed by atoms with E-state index in [-0.39, 0.29) is 6.29 Å². The second-order valence-corrected chi connectivity index (χ2v) is 8.60. The Hall–Kier alpha value is -2.97. The summed E-state index contributed by atoms with van der Waals surface area (Å²) in [5.74, 6) is -0.547. The zero-order valence-corrected chi connectivity index (χ0v) is 19.4. The lowest BCUT2D eigenvalue weighted by atomic mass is 10.1. The second-order valence-electron chi connectivity index (χ2n) is 8.60. The molecule has 0 radical (unpaired) electrons. The zero-order chi connectivity index (χ0) is 23.6. The molecule has 0 aliphatic carbocycles. The van der Waals surface area contributed by atoms with Gasteiger partial charge >= 0.3 is 0 Å². The molecule has 7 heteroatoms. The van der Waals surface area contributed by atoms with Gasteiger partial charge in [0.2, 0.25) is 0 Å². The molecule has 1 aromatic heterocycles. The molecular weight excluding hydrogens is 430 g/mol. The van der Waals surface area contributed by atoms with Crippen LogP contribution in [-0.2, 0) is 27.2 Å². The van der Waals surface area contributed by atoms with Crippen LogP contribution in [0, 0.1) is 0 Å². The highest BCUT2D eigenvalue weighted by Crippen LogP contribution is 2.19. The zero-order valence-electron chi connectivity index (χ0n) is 19.4. The van der Waals surface area contributed by atoms with E-state index in [1.807, 2.05) is 12.1 Å². The van der Waals surface area contributed by atoms with Crippen LogP contribution in [0.15, 0.2) is 60.8 Å². The molecule has 0 saturated carbocycles. The molecule has 4 rings (SSSR count). The Morgan fingerprint density at radius 1 is 1.18 bits per heavy atom. The smallest absolute Gasteiger partial charge is 0.267 e. The van der Waals surface area contributed by atoms with E-state index in [0.29, 0.717) is 6.61 Å². The molecule has 180 valence electrons. The van der Waals surface area contributed by atoms with E-state index in [1.54, 1.807) is 11.6 Å². The number of aromatic amines is 1. The molecule has 3 N–H and O–H groups in total. The summed E-state index contributed by atoms with van der Waals surface area (Å²) in [6.45, 7) is 3.96. The summed E-state index contributed by atoms with van der Waals surface area (Å²) in [5.41, 5.74) is 6.17. The average Bonchev–Trinajstić information content (AvgIpc) is 3.30. The van der Waals surface area contributed by atoms with Gasteiger partial charge in [-0.25, -0.2) is 5.48 Å². The van der Waals surface area contributed by atoms with Crippen molar-refractivity contribution in [3.8, 4) is 0 Å². The summed E-state index contributed by atoms with van der Waals surface area (Å²) in [6, 6.07) is 16.5. The molecule has 1 aliphatic heterocycles. The molecule has 1 fully saturated rings. The normalized spacial score (nSPS) is 16.5. The fourth-order valence-electron chi connectivity index (χ4n) is 4.24. The van der Waals surface area contributed by atoms with Crippen molar-refractivity contribution in [1.29, 1.82) is 0 Å². The van der Waals surface area contributed by atoms with Gasteiger partial charge in [0.1, 0.15) is 0 Å². The van der Waals surface area contributed by atoms with Gasteiger partial charge in [0.05, 0.1) is 6.61 Å². The van der Waals surface area contributed by atoms with Crippen LogP contribution < -0.4 is 5.48 Å². The van der Waals surface area contributed by atoms with E-state index in [0.717, 1.165) is 57.5 Å². The third-order valence-corrected chi connectivity index (χ3v) is 6.14. The third kappa shape index (κ3) is 7.01. The second kappa shape index (κ2) is 12.5. The molecule has 0 bridgehead atoms. The van der Waals surface area contributed by atoms with Crippen molar-refractivity contribution in [1.82, 2.24) is 15.4 Å². The minimum Gasteiger partial charge on any atom is -0.361 e. The highest BCUT2D eigenvalue weighted by atomic mass is 16.7. The molecule has 3 aromatic rings. The van der Waals surface area contributed by atoms with Crippen LogP contribution in [0.5, 0.6) is 0 Å². The predicted molar refractivity (Wildman–Crippen MR) is 132 cm³/mol. The SMILES string of the molecule is O=C(C=Cc1ccc(CN(CCOC2CCCCO2)CCc2c[nH]c3ccccc23)cc1)NO. The number of nitrogens with one attached hydrogen (secondary N) is 2. The highest BCUT2D eigenvalue weighted by molar-refractivity contribution is 5.90. The number of ether oxygens (including phenoxy) is 2. The van der Waals surface area contributed by atoms with E-state index in [1.165, 1.54) is 28.1 Å². The largest absolute Gasteiger partial charge is 0.361 e. The van der Waals surface area contributed by atoms with Crippen LogP contribution in [0.4, 0.5) is 0 Å². The number of fused-ring (bicyclic) bond motifs is 1. The van der Waals surface area contributed by atoms with E-state index in [9.17, 15) is 4.79 Å². The number of nitrogens with zero attached hydrogens (tertiary/aromatic N) is 1. The minimum atomic E-state index is -0.547. The van der Waals surface area contributed by atoms with Crippen LogP contribution in [0.1, 0.15) is 36.0 Å². The number of amides is 1. The number of aromatic nitrogens is 1. The fourth-order valence-corrected chi connectivity index (χ4v) is 4.24. The molecule has 0 spiro atoms. The monoisotopic (exact) mass is 463 g/mol. The van der Waals surface area contributed by atoms with E-state index in [2.05, 4.69) is 52.5 Å². The van der Waals surface area contributed by atoms with Crippen molar-refractivity contribution < 1.29 is 19.5 Å². The first kappa shape index (κ1) is 24.2. The van der Waals surface area contributed by atoms with E-state index in [4.69, 9.17) is 14.7 Å². The quantitative estimate of drug-likeness (QED) is 0.225. The average molecular weight is 464 g/mol. The van der Waals surface area contributed by atoms with Gasteiger partial charge in [-0.05, 0) is 54.5 Å². The summed E-state index contributed by atoms with van der Waals surface area (Å²) in [4.78, 5) is 17.0. The molecule has 34 heavy (non-hydrogen) atoms. The first-order valence-electron chi connectivity index (χ1n) is 11.9. The van der Waals surface area contributed by atoms with Gasteiger partial charge in [-0.3, -0.25) is 14.9 Å². The molecular formula is C27H33N3O4. The molecule has 1 unspecified atom stereocenters.